The third-order valence-corrected chi connectivity index (χ3v) is 5.02. The minimum Gasteiger partial charge on any atom is -0.353 e. The van der Waals surface area contributed by atoms with E-state index in [-0.39, 0.29) is 46.7 Å². The first kappa shape index (κ1) is 26.2. The second-order valence-corrected chi connectivity index (χ2v) is 8.49. The number of fused-ring (bicyclic) bond motifs is 1. The Kier molecular flexibility index (Phi) is 6.71. The number of rotatable bonds is 2. The molecule has 2 aromatic heterocycles. The Bertz CT molecular complexity index is 1350. The minimum atomic E-state index is -4.98. The van der Waals surface area contributed by atoms with Gasteiger partial charge in [0.2, 0.25) is 5.76 Å². The molecule has 0 spiro atoms. The zero-order chi connectivity index (χ0) is 24.3. The molecule has 12 heteroatoms. The van der Waals surface area contributed by atoms with Gasteiger partial charge in [0.05, 0.1) is 27.9 Å². The molecule has 4 rings (SSSR count). The van der Waals surface area contributed by atoms with Gasteiger partial charge in [-0.2, -0.15) is 26.3 Å². The summed E-state index contributed by atoms with van der Waals surface area (Å²) in [4.78, 5) is 6.58. The first-order valence-electron chi connectivity index (χ1n) is 9.61. The fourth-order valence-electron chi connectivity index (χ4n) is 3.39. The molecule has 0 aliphatic heterocycles. The summed E-state index contributed by atoms with van der Waals surface area (Å²) in [6.45, 7) is 5.57. The van der Waals surface area contributed by atoms with E-state index in [1.165, 1.54) is 6.07 Å². The standard InChI is InChI=1S/C22H16F7N3O.Na/c1-20(2,3)16-9-15(33-32-16)19-30-14-8-10(7-12(18(14)31-19)22(27,28)29)17-11(21(24,25)26)5-4-6-13(17)23;/h4-9H,1-3H3,(H,30,31);. The molecule has 0 aliphatic carbocycles. The molecule has 34 heavy (non-hydrogen) atoms. The molecule has 4 nitrogen and oxygen atoms in total. The maximum Gasteiger partial charge on any atom is 0.418 e. The van der Waals surface area contributed by atoms with Crippen molar-refractivity contribution in [2.24, 2.45) is 0 Å². The normalized spacial score (nSPS) is 12.8. The summed E-state index contributed by atoms with van der Waals surface area (Å²) in [7, 11) is 0. The van der Waals surface area contributed by atoms with Crippen LogP contribution in [0.5, 0.6) is 0 Å². The molecule has 0 amide bonds. The van der Waals surface area contributed by atoms with Gasteiger partial charge in [-0.1, -0.05) is 32.0 Å². The van der Waals surface area contributed by atoms with Gasteiger partial charge in [-0.25, -0.2) is 9.37 Å². The average molecular weight is 494 g/mol. The van der Waals surface area contributed by atoms with E-state index < -0.39 is 51.4 Å². The van der Waals surface area contributed by atoms with Crippen molar-refractivity contribution in [3.8, 4) is 22.7 Å². The second-order valence-electron chi connectivity index (χ2n) is 8.49. The topological polar surface area (TPSA) is 54.7 Å². The summed E-state index contributed by atoms with van der Waals surface area (Å²) in [6, 6.07) is 5.14. The van der Waals surface area contributed by atoms with Crippen LogP contribution in [0.15, 0.2) is 40.9 Å². The number of hydrogen-bond donors (Lipinski definition) is 1. The molecule has 1 radical (unpaired) electrons. The van der Waals surface area contributed by atoms with Crippen molar-refractivity contribution in [2.45, 2.75) is 38.5 Å². The van der Waals surface area contributed by atoms with Crippen LogP contribution in [0.1, 0.15) is 37.6 Å². The first-order chi connectivity index (χ1) is 15.2. The number of aromatic nitrogens is 3. The zero-order valence-electron chi connectivity index (χ0n) is 18.4. The van der Waals surface area contributed by atoms with Crippen LogP contribution in [0.2, 0.25) is 0 Å². The number of nitrogens with one attached hydrogen (secondary N) is 1. The number of nitrogens with zero attached hydrogens (tertiary/aromatic N) is 2. The molecule has 1 N–H and O–H groups in total. The Morgan fingerprint density at radius 2 is 1.53 bits per heavy atom. The number of hydrogen-bond acceptors (Lipinski definition) is 3. The van der Waals surface area contributed by atoms with Gasteiger partial charge in [0.25, 0.3) is 0 Å². The minimum absolute atomic E-state index is 0. The molecule has 2 heterocycles. The Hall–Kier alpha value is -2.37. The predicted octanol–water partition coefficient (Wildman–Crippen LogP) is 6.98. The van der Waals surface area contributed by atoms with E-state index in [1.807, 2.05) is 20.8 Å². The van der Waals surface area contributed by atoms with Crippen LogP contribution in [-0.4, -0.2) is 44.7 Å². The van der Waals surface area contributed by atoms with Gasteiger partial charge in [-0.15, -0.1) is 0 Å². The zero-order valence-corrected chi connectivity index (χ0v) is 20.4. The molecule has 0 unspecified atom stereocenters. The van der Waals surface area contributed by atoms with Crippen molar-refractivity contribution in [2.75, 3.05) is 0 Å². The van der Waals surface area contributed by atoms with Gasteiger partial charge in [-0.05, 0) is 29.8 Å². The van der Waals surface area contributed by atoms with Crippen LogP contribution in [0.25, 0.3) is 33.7 Å². The van der Waals surface area contributed by atoms with Gasteiger partial charge in [0.15, 0.2) is 5.82 Å². The van der Waals surface area contributed by atoms with Crippen molar-refractivity contribution in [3.05, 3.63) is 59.0 Å². The fraction of sp³-hybridized carbons (Fsp3) is 0.273. The molecular formula is C22H16F7N3NaO. The Morgan fingerprint density at radius 3 is 2.09 bits per heavy atom. The second kappa shape index (κ2) is 8.69. The molecule has 175 valence electrons. The summed E-state index contributed by atoms with van der Waals surface area (Å²) in [5.41, 5.74) is -4.94. The number of halogens is 7. The van der Waals surface area contributed by atoms with Crippen LogP contribution in [-0.2, 0) is 17.8 Å². The van der Waals surface area contributed by atoms with E-state index in [1.54, 1.807) is 0 Å². The molecule has 0 saturated heterocycles. The largest absolute Gasteiger partial charge is 0.418 e. The van der Waals surface area contributed by atoms with E-state index >= 15 is 0 Å². The molecule has 0 aliphatic rings. The molecule has 0 saturated carbocycles. The van der Waals surface area contributed by atoms with Gasteiger partial charge < -0.3 is 9.51 Å². The van der Waals surface area contributed by atoms with Crippen LogP contribution < -0.4 is 0 Å². The fourth-order valence-corrected chi connectivity index (χ4v) is 3.39. The smallest absolute Gasteiger partial charge is 0.353 e. The van der Waals surface area contributed by atoms with Gasteiger partial charge in [0.1, 0.15) is 5.82 Å². The van der Waals surface area contributed by atoms with Crippen molar-refractivity contribution >= 4 is 40.6 Å². The van der Waals surface area contributed by atoms with Crippen molar-refractivity contribution in [1.82, 2.24) is 15.1 Å². The van der Waals surface area contributed by atoms with Crippen molar-refractivity contribution < 1.29 is 35.3 Å². The Morgan fingerprint density at radius 1 is 0.882 bits per heavy atom. The predicted molar refractivity (Wildman–Crippen MR) is 111 cm³/mol. The SMILES string of the molecule is CC(C)(C)c1cc(-c2nc3cc(-c4c(F)cccc4C(F)(F)F)cc(C(F)(F)F)c3[nH]2)on1.[Na]. The van der Waals surface area contributed by atoms with Crippen molar-refractivity contribution in [1.29, 1.82) is 0 Å². The molecule has 2 aromatic carbocycles. The van der Waals surface area contributed by atoms with Crippen LogP contribution >= 0.6 is 0 Å². The first-order valence-corrected chi connectivity index (χ1v) is 9.61. The van der Waals surface area contributed by atoms with E-state index in [0.717, 1.165) is 18.2 Å². The average Bonchev–Trinajstić information content (AvgIpc) is 3.32. The van der Waals surface area contributed by atoms with Gasteiger partial charge in [0, 0.05) is 46.6 Å². The van der Waals surface area contributed by atoms with Crippen LogP contribution in [0.3, 0.4) is 0 Å². The van der Waals surface area contributed by atoms with Crippen LogP contribution in [0, 0.1) is 5.82 Å². The maximum absolute atomic E-state index is 14.4. The Balaban J connectivity index is 0.00000324. The van der Waals surface area contributed by atoms with Gasteiger partial charge >= 0.3 is 12.4 Å². The third-order valence-electron chi connectivity index (χ3n) is 5.02. The summed E-state index contributed by atoms with van der Waals surface area (Å²) in [5, 5.41) is 3.89. The monoisotopic (exact) mass is 494 g/mol. The molecule has 0 fully saturated rings. The molecule has 4 aromatic rings. The quantitative estimate of drug-likeness (QED) is 0.242. The summed E-state index contributed by atoms with van der Waals surface area (Å²) in [6.07, 6.45) is -9.94. The van der Waals surface area contributed by atoms with E-state index in [4.69, 9.17) is 4.52 Å². The number of benzene rings is 2. The molecule has 0 atom stereocenters. The maximum atomic E-state index is 14.4. The van der Waals surface area contributed by atoms with Crippen molar-refractivity contribution in [3.63, 3.8) is 0 Å². The summed E-state index contributed by atoms with van der Waals surface area (Å²) < 4.78 is 101. The van der Waals surface area contributed by atoms with E-state index in [0.29, 0.717) is 17.8 Å². The van der Waals surface area contributed by atoms with E-state index in [2.05, 4.69) is 15.1 Å². The number of alkyl halides is 6. The Labute approximate surface area is 210 Å². The molecular weight excluding hydrogens is 478 g/mol. The summed E-state index contributed by atoms with van der Waals surface area (Å²) >= 11 is 0. The summed E-state index contributed by atoms with van der Waals surface area (Å²) in [5.74, 6) is -1.36. The number of aromatic amines is 1. The van der Waals surface area contributed by atoms with Crippen LogP contribution in [0.4, 0.5) is 30.7 Å². The molecule has 0 bridgehead atoms. The third kappa shape index (κ3) is 4.87. The van der Waals surface area contributed by atoms with E-state index in [9.17, 15) is 30.7 Å². The number of imidazole rings is 1. The van der Waals surface area contributed by atoms with Gasteiger partial charge in [-0.3, -0.25) is 0 Å². The number of H-pyrrole nitrogens is 1.